The van der Waals surface area contributed by atoms with Crippen LogP contribution in [0.1, 0.15) is 50.2 Å². The van der Waals surface area contributed by atoms with E-state index in [0.29, 0.717) is 0 Å². The van der Waals surface area contributed by atoms with E-state index in [4.69, 9.17) is 4.74 Å². The first-order chi connectivity index (χ1) is 8.85. The fourth-order valence-corrected chi connectivity index (χ4v) is 4.58. The second kappa shape index (κ2) is 4.45. The van der Waals surface area contributed by atoms with Gasteiger partial charge in [-0.25, -0.2) is 9.78 Å². The molecule has 0 N–H and O–H groups in total. The molecule has 0 aromatic carbocycles. The van der Waals surface area contributed by atoms with E-state index in [9.17, 15) is 4.79 Å². The van der Waals surface area contributed by atoms with Gasteiger partial charge in [-0.3, -0.25) is 4.90 Å². The minimum atomic E-state index is -0.439. The molecule has 2 atom stereocenters. The summed E-state index contributed by atoms with van der Waals surface area (Å²) in [6.07, 6.45) is 2.73. The molecule has 19 heavy (non-hydrogen) atoms. The Balaban J connectivity index is 1.87. The van der Waals surface area contributed by atoms with Crippen molar-refractivity contribution in [3.63, 3.8) is 0 Å². The number of carbonyl (C=O) groups excluding carboxylic acids is 1. The third-order valence-electron chi connectivity index (χ3n) is 3.54. The van der Waals surface area contributed by atoms with Crippen LogP contribution in [0.4, 0.5) is 4.79 Å². The van der Waals surface area contributed by atoms with Crippen molar-refractivity contribution in [2.24, 2.45) is 0 Å². The molecule has 2 aliphatic heterocycles. The third-order valence-corrected chi connectivity index (χ3v) is 5.19. The molecule has 3 heterocycles. The van der Waals surface area contributed by atoms with Gasteiger partial charge in [0.15, 0.2) is 3.92 Å². The molecule has 0 radical (unpaired) electrons. The molecule has 2 unspecified atom stereocenters. The zero-order valence-electron chi connectivity index (χ0n) is 11.3. The topological polar surface area (TPSA) is 42.4 Å². The maximum absolute atomic E-state index is 12.4. The van der Waals surface area contributed by atoms with Crippen LogP contribution < -0.4 is 0 Å². The summed E-state index contributed by atoms with van der Waals surface area (Å²) in [7, 11) is 0. The van der Waals surface area contributed by atoms with Gasteiger partial charge in [-0.2, -0.15) is 0 Å². The molecule has 0 aliphatic carbocycles. The Morgan fingerprint density at radius 2 is 2.21 bits per heavy atom. The number of hydrogen-bond donors (Lipinski definition) is 0. The summed E-state index contributed by atoms with van der Waals surface area (Å²) in [5, 5.41) is 0. The van der Waals surface area contributed by atoms with Gasteiger partial charge in [-0.15, -0.1) is 11.3 Å². The Kier molecular flexibility index (Phi) is 3.13. The van der Waals surface area contributed by atoms with Crippen LogP contribution in [0.25, 0.3) is 0 Å². The Labute approximate surface area is 125 Å². The molecule has 6 heteroatoms. The SMILES string of the molecule is CC(C)(C)OC(=O)N1C2CCC1c1sc(Br)nc1C2. The van der Waals surface area contributed by atoms with Crippen LogP contribution in [-0.4, -0.2) is 27.6 Å². The van der Waals surface area contributed by atoms with Crippen LogP contribution >= 0.6 is 27.3 Å². The molecule has 1 aromatic rings. The number of ether oxygens (including phenoxy) is 1. The first-order valence-corrected chi connectivity index (χ1v) is 8.12. The number of halogens is 1. The molecule has 0 saturated carbocycles. The number of hydrogen-bond acceptors (Lipinski definition) is 4. The molecule has 2 bridgehead atoms. The van der Waals surface area contributed by atoms with E-state index >= 15 is 0 Å². The zero-order valence-corrected chi connectivity index (χ0v) is 13.7. The predicted octanol–water partition coefficient (Wildman–Crippen LogP) is 3.90. The van der Waals surface area contributed by atoms with E-state index in [1.54, 1.807) is 11.3 Å². The highest BCUT2D eigenvalue weighted by Crippen LogP contribution is 2.47. The van der Waals surface area contributed by atoms with Crippen molar-refractivity contribution in [3.8, 4) is 0 Å². The van der Waals surface area contributed by atoms with Crippen molar-refractivity contribution in [1.82, 2.24) is 9.88 Å². The molecule has 2 aliphatic rings. The van der Waals surface area contributed by atoms with Crippen LogP contribution in [0, 0.1) is 0 Å². The summed E-state index contributed by atoms with van der Waals surface area (Å²) in [6, 6.07) is 0.411. The number of aromatic nitrogens is 1. The Bertz CT molecular complexity index is 523. The van der Waals surface area contributed by atoms with E-state index in [2.05, 4.69) is 20.9 Å². The van der Waals surface area contributed by atoms with Gasteiger partial charge >= 0.3 is 6.09 Å². The van der Waals surface area contributed by atoms with E-state index in [1.165, 1.54) is 4.88 Å². The van der Waals surface area contributed by atoms with Gasteiger partial charge in [0, 0.05) is 12.5 Å². The highest BCUT2D eigenvalue weighted by molar-refractivity contribution is 9.11. The second-order valence-corrected chi connectivity index (χ2v) is 8.42. The summed E-state index contributed by atoms with van der Waals surface area (Å²) < 4.78 is 6.45. The first-order valence-electron chi connectivity index (χ1n) is 6.51. The van der Waals surface area contributed by atoms with Crippen LogP contribution in [0.3, 0.4) is 0 Å². The lowest BCUT2D eigenvalue weighted by Gasteiger charge is -2.35. The maximum atomic E-state index is 12.4. The molecule has 1 aromatic heterocycles. The number of nitrogens with zero attached hydrogens (tertiary/aromatic N) is 2. The molecule has 3 rings (SSSR count). The molecule has 1 saturated heterocycles. The number of fused-ring (bicyclic) bond motifs is 4. The predicted molar refractivity (Wildman–Crippen MR) is 77.4 cm³/mol. The lowest BCUT2D eigenvalue weighted by Crippen LogP contribution is -2.44. The van der Waals surface area contributed by atoms with E-state index in [-0.39, 0.29) is 18.2 Å². The number of carbonyl (C=O) groups is 1. The van der Waals surface area contributed by atoms with Crippen molar-refractivity contribution >= 4 is 33.4 Å². The fraction of sp³-hybridized carbons (Fsp3) is 0.692. The zero-order chi connectivity index (χ0) is 13.8. The van der Waals surface area contributed by atoms with Gasteiger partial charge in [-0.05, 0) is 49.5 Å². The van der Waals surface area contributed by atoms with Crippen molar-refractivity contribution in [1.29, 1.82) is 0 Å². The average Bonchev–Trinajstić information content (AvgIpc) is 2.77. The number of thiazole rings is 1. The quantitative estimate of drug-likeness (QED) is 0.716. The Hall–Kier alpha value is -0.620. The van der Waals surface area contributed by atoms with Crippen molar-refractivity contribution in [2.75, 3.05) is 0 Å². The highest BCUT2D eigenvalue weighted by Gasteiger charge is 2.45. The summed E-state index contributed by atoms with van der Waals surface area (Å²) >= 11 is 5.09. The normalized spacial score (nSPS) is 25.4. The summed E-state index contributed by atoms with van der Waals surface area (Å²) in [6.45, 7) is 5.72. The van der Waals surface area contributed by atoms with Gasteiger partial charge in [0.2, 0.25) is 0 Å². The van der Waals surface area contributed by atoms with Crippen LogP contribution in [0.15, 0.2) is 3.92 Å². The van der Waals surface area contributed by atoms with E-state index in [1.807, 2.05) is 25.7 Å². The van der Waals surface area contributed by atoms with Crippen LogP contribution in [0.5, 0.6) is 0 Å². The number of rotatable bonds is 0. The molecular weight excluding hydrogens is 328 g/mol. The summed E-state index contributed by atoms with van der Waals surface area (Å²) in [5.41, 5.74) is 0.717. The van der Waals surface area contributed by atoms with Crippen molar-refractivity contribution in [2.45, 2.75) is 57.7 Å². The van der Waals surface area contributed by atoms with Gasteiger partial charge < -0.3 is 4.74 Å². The molecule has 1 fully saturated rings. The third kappa shape index (κ3) is 2.40. The van der Waals surface area contributed by atoms with Gasteiger partial charge in [0.1, 0.15) is 5.60 Å². The summed E-state index contributed by atoms with van der Waals surface area (Å²) in [4.78, 5) is 20.0. The second-order valence-electron chi connectivity index (χ2n) is 6.12. The van der Waals surface area contributed by atoms with Crippen LogP contribution in [-0.2, 0) is 11.2 Å². The fourth-order valence-electron chi connectivity index (χ4n) is 2.90. The molecule has 104 valence electrons. The maximum Gasteiger partial charge on any atom is 0.411 e. The molecule has 1 amide bonds. The van der Waals surface area contributed by atoms with Crippen molar-refractivity contribution < 1.29 is 9.53 Å². The van der Waals surface area contributed by atoms with Crippen molar-refractivity contribution in [3.05, 3.63) is 14.5 Å². The van der Waals surface area contributed by atoms with Gasteiger partial charge in [-0.1, -0.05) is 0 Å². The van der Waals surface area contributed by atoms with Gasteiger partial charge in [0.25, 0.3) is 0 Å². The lowest BCUT2D eigenvalue weighted by molar-refractivity contribution is 0.0127. The molecule has 4 nitrogen and oxygen atoms in total. The van der Waals surface area contributed by atoms with E-state index in [0.717, 1.165) is 28.9 Å². The minimum Gasteiger partial charge on any atom is -0.444 e. The standard InChI is InChI=1S/C13H17BrN2O2S/c1-13(2,3)18-12(17)16-7-4-5-9(16)10-8(6-7)15-11(14)19-10/h7,9H,4-6H2,1-3H3. The average molecular weight is 345 g/mol. The van der Waals surface area contributed by atoms with Crippen LogP contribution in [0.2, 0.25) is 0 Å². The summed E-state index contributed by atoms with van der Waals surface area (Å²) in [5.74, 6) is 0. The smallest absolute Gasteiger partial charge is 0.411 e. The molecular formula is C13H17BrN2O2S. The lowest BCUT2D eigenvalue weighted by atomic mass is 10.1. The Morgan fingerprint density at radius 1 is 1.47 bits per heavy atom. The Morgan fingerprint density at radius 3 is 2.89 bits per heavy atom. The molecule has 0 spiro atoms. The minimum absolute atomic E-state index is 0.160. The highest BCUT2D eigenvalue weighted by atomic mass is 79.9. The first kappa shape index (κ1) is 13.4. The number of amides is 1. The monoisotopic (exact) mass is 344 g/mol. The largest absolute Gasteiger partial charge is 0.444 e. The van der Waals surface area contributed by atoms with Gasteiger partial charge in [0.05, 0.1) is 16.6 Å². The van der Waals surface area contributed by atoms with E-state index < -0.39 is 5.60 Å².